The van der Waals surface area contributed by atoms with Crippen molar-refractivity contribution in [1.82, 2.24) is 4.98 Å². The Morgan fingerprint density at radius 2 is 1.88 bits per heavy atom. The van der Waals surface area contributed by atoms with E-state index in [1.165, 1.54) is 12.1 Å². The molecule has 3 aromatic rings. The zero-order valence-corrected chi connectivity index (χ0v) is 17.9. The molecule has 168 valence electrons. The van der Waals surface area contributed by atoms with Gasteiger partial charge in [-0.05, 0) is 43.2 Å². The molecule has 0 bridgehead atoms. The molecule has 8 heteroatoms. The molecule has 2 aliphatic heterocycles. The van der Waals surface area contributed by atoms with Crippen molar-refractivity contribution in [1.29, 1.82) is 0 Å². The van der Waals surface area contributed by atoms with Crippen LogP contribution in [0.25, 0.3) is 17.3 Å². The van der Waals surface area contributed by atoms with Gasteiger partial charge in [0.15, 0.2) is 11.5 Å². The highest BCUT2D eigenvalue weighted by molar-refractivity contribution is 6.00. The van der Waals surface area contributed by atoms with E-state index in [1.807, 2.05) is 37.3 Å². The summed E-state index contributed by atoms with van der Waals surface area (Å²) in [6.07, 6.45) is -1.99. The van der Waals surface area contributed by atoms with E-state index in [4.69, 9.17) is 4.74 Å². The smallest absolute Gasteiger partial charge is 0.492 e. The van der Waals surface area contributed by atoms with Crippen molar-refractivity contribution in [2.24, 2.45) is 0 Å². The van der Waals surface area contributed by atoms with Gasteiger partial charge in [0.2, 0.25) is 5.91 Å². The summed E-state index contributed by atoms with van der Waals surface area (Å²) in [4.78, 5) is 17.9. The number of benzene rings is 2. The van der Waals surface area contributed by atoms with Crippen molar-refractivity contribution in [2.75, 3.05) is 11.9 Å². The van der Waals surface area contributed by atoms with Crippen molar-refractivity contribution in [2.45, 2.75) is 25.6 Å². The third-order valence-corrected chi connectivity index (χ3v) is 5.85. The molecule has 0 radical (unpaired) electrons. The van der Waals surface area contributed by atoms with Crippen LogP contribution in [0.1, 0.15) is 23.6 Å². The molecular formula is C25H20F2N2O4. The van der Waals surface area contributed by atoms with Crippen molar-refractivity contribution in [3.63, 3.8) is 0 Å². The second kappa shape index (κ2) is 7.30. The van der Waals surface area contributed by atoms with E-state index in [2.05, 4.69) is 26.4 Å². The first-order valence-electron chi connectivity index (χ1n) is 10.3. The second-order valence-electron chi connectivity index (χ2n) is 8.23. The number of carbonyl (C=O) groups excluding carboxylic acids is 1. The Morgan fingerprint density at radius 1 is 1.12 bits per heavy atom. The minimum absolute atomic E-state index is 0.0353. The molecule has 0 aliphatic carbocycles. The number of aryl methyl sites for hydroxylation is 1. The highest BCUT2D eigenvalue weighted by Crippen LogP contribution is 2.50. The average molecular weight is 450 g/mol. The van der Waals surface area contributed by atoms with Gasteiger partial charge in [0.05, 0.1) is 5.69 Å². The SMILES string of the molecule is C=Cc1cccc(-c2nc(NC(=O)[C@@]3(C)COc4cc5c(cc43)OC(F)(F)O5)ccc2C)c1. The zero-order valence-electron chi connectivity index (χ0n) is 17.9. The Labute approximate surface area is 188 Å². The minimum atomic E-state index is -3.75. The minimum Gasteiger partial charge on any atom is -0.492 e. The van der Waals surface area contributed by atoms with Crippen LogP contribution < -0.4 is 19.5 Å². The number of alkyl halides is 2. The Kier molecular flexibility index (Phi) is 4.63. The molecule has 1 atom stereocenters. The molecule has 33 heavy (non-hydrogen) atoms. The van der Waals surface area contributed by atoms with Gasteiger partial charge in [-0.3, -0.25) is 4.79 Å². The molecular weight excluding hydrogens is 430 g/mol. The van der Waals surface area contributed by atoms with Crippen molar-refractivity contribution in [3.8, 4) is 28.5 Å². The molecule has 0 saturated heterocycles. The number of ether oxygens (including phenoxy) is 3. The van der Waals surface area contributed by atoms with Crippen LogP contribution in [-0.4, -0.2) is 23.8 Å². The predicted octanol–water partition coefficient (Wildman–Crippen LogP) is 5.31. The average Bonchev–Trinajstić information content (AvgIpc) is 3.28. The number of nitrogens with zero attached hydrogens (tertiary/aromatic N) is 1. The Bertz CT molecular complexity index is 1310. The number of anilines is 1. The number of fused-ring (bicyclic) bond motifs is 2. The first-order chi connectivity index (χ1) is 15.7. The fraction of sp³-hybridized carbons (Fsp3) is 0.200. The summed E-state index contributed by atoms with van der Waals surface area (Å²) in [7, 11) is 0. The number of aromatic nitrogens is 1. The van der Waals surface area contributed by atoms with Gasteiger partial charge in [-0.1, -0.05) is 36.9 Å². The van der Waals surface area contributed by atoms with Crippen molar-refractivity contribution in [3.05, 3.63) is 71.8 Å². The third kappa shape index (κ3) is 3.57. The zero-order chi connectivity index (χ0) is 23.4. The number of rotatable bonds is 4. The van der Waals surface area contributed by atoms with E-state index in [-0.39, 0.29) is 24.0 Å². The summed E-state index contributed by atoms with van der Waals surface area (Å²) in [6.45, 7) is 7.45. The molecule has 0 fully saturated rings. The van der Waals surface area contributed by atoms with Crippen molar-refractivity contribution < 1.29 is 27.8 Å². The summed E-state index contributed by atoms with van der Waals surface area (Å²) < 4.78 is 41.5. The molecule has 3 heterocycles. The van der Waals surface area contributed by atoms with Crippen LogP contribution in [0.15, 0.2) is 55.1 Å². The van der Waals surface area contributed by atoms with Crippen LogP contribution >= 0.6 is 0 Å². The number of hydrogen-bond donors (Lipinski definition) is 1. The number of halogens is 2. The highest BCUT2D eigenvalue weighted by atomic mass is 19.3. The summed E-state index contributed by atoms with van der Waals surface area (Å²) in [6, 6.07) is 14.0. The number of nitrogens with one attached hydrogen (secondary N) is 1. The molecule has 0 unspecified atom stereocenters. The molecule has 0 saturated carbocycles. The van der Waals surface area contributed by atoms with Gasteiger partial charge < -0.3 is 19.5 Å². The highest BCUT2D eigenvalue weighted by Gasteiger charge is 2.49. The van der Waals surface area contributed by atoms with Gasteiger partial charge >= 0.3 is 6.29 Å². The molecule has 1 aromatic heterocycles. The topological polar surface area (TPSA) is 69.7 Å². The molecule has 1 N–H and O–H groups in total. The van der Waals surface area contributed by atoms with Crippen LogP contribution in [0, 0.1) is 6.92 Å². The van der Waals surface area contributed by atoms with E-state index in [1.54, 1.807) is 19.1 Å². The van der Waals surface area contributed by atoms with E-state index >= 15 is 0 Å². The fourth-order valence-electron chi connectivity index (χ4n) is 3.97. The Hall–Kier alpha value is -3.94. The maximum Gasteiger partial charge on any atom is 0.586 e. The Balaban J connectivity index is 1.44. The van der Waals surface area contributed by atoms with Crippen LogP contribution in [0.3, 0.4) is 0 Å². The predicted molar refractivity (Wildman–Crippen MR) is 119 cm³/mol. The lowest BCUT2D eigenvalue weighted by molar-refractivity contribution is -0.286. The van der Waals surface area contributed by atoms with Crippen LogP contribution in [0.5, 0.6) is 17.2 Å². The summed E-state index contributed by atoms with van der Waals surface area (Å²) in [5.41, 5.74) is 2.83. The lowest BCUT2D eigenvalue weighted by Crippen LogP contribution is -2.39. The van der Waals surface area contributed by atoms with Gasteiger partial charge in [-0.2, -0.15) is 0 Å². The van der Waals surface area contributed by atoms with E-state index in [9.17, 15) is 13.6 Å². The quantitative estimate of drug-likeness (QED) is 0.583. The maximum atomic E-state index is 13.4. The number of pyridine rings is 1. The van der Waals surface area contributed by atoms with E-state index in [0.29, 0.717) is 17.1 Å². The number of carbonyl (C=O) groups is 1. The van der Waals surface area contributed by atoms with E-state index in [0.717, 1.165) is 22.4 Å². The molecule has 0 spiro atoms. The third-order valence-electron chi connectivity index (χ3n) is 5.85. The molecule has 6 nitrogen and oxygen atoms in total. The monoisotopic (exact) mass is 450 g/mol. The van der Waals surface area contributed by atoms with Crippen LogP contribution in [-0.2, 0) is 10.2 Å². The lowest BCUT2D eigenvalue weighted by Gasteiger charge is -2.22. The van der Waals surface area contributed by atoms with Crippen molar-refractivity contribution >= 4 is 17.8 Å². The van der Waals surface area contributed by atoms with Gasteiger partial charge in [-0.25, -0.2) is 4.98 Å². The summed E-state index contributed by atoms with van der Waals surface area (Å²) in [5.74, 6) is 0.0169. The maximum absolute atomic E-state index is 13.4. The van der Waals surface area contributed by atoms with E-state index < -0.39 is 11.7 Å². The normalized spacial score (nSPS) is 19.5. The standard InChI is InChI=1S/C25H20F2N2O4/c1-4-15-6-5-7-16(10-15)22-14(2)8-9-21(28-22)29-23(30)24(3)13-31-18-12-20-19(11-17(18)24)32-25(26,27)33-20/h4-12H,1,13H2,2-3H3,(H,28,29,30)/t24-/m0/s1. The first kappa shape index (κ1) is 20.9. The number of amides is 1. The van der Waals surface area contributed by atoms with Gasteiger partial charge in [0.1, 0.15) is 23.6 Å². The van der Waals surface area contributed by atoms with Gasteiger partial charge in [0.25, 0.3) is 0 Å². The largest absolute Gasteiger partial charge is 0.586 e. The van der Waals surface area contributed by atoms with Gasteiger partial charge in [0, 0.05) is 17.2 Å². The van der Waals surface area contributed by atoms with Crippen LogP contribution in [0.2, 0.25) is 0 Å². The first-order valence-corrected chi connectivity index (χ1v) is 10.3. The second-order valence-corrected chi connectivity index (χ2v) is 8.23. The van der Waals surface area contributed by atoms with Crippen LogP contribution in [0.4, 0.5) is 14.6 Å². The molecule has 2 aliphatic rings. The Morgan fingerprint density at radius 3 is 2.64 bits per heavy atom. The fourth-order valence-corrected chi connectivity index (χ4v) is 3.97. The summed E-state index contributed by atoms with van der Waals surface area (Å²) >= 11 is 0. The molecule has 5 rings (SSSR count). The summed E-state index contributed by atoms with van der Waals surface area (Å²) in [5, 5.41) is 2.84. The molecule has 1 amide bonds. The lowest BCUT2D eigenvalue weighted by atomic mass is 9.83. The van der Waals surface area contributed by atoms with Gasteiger partial charge in [-0.15, -0.1) is 8.78 Å². The number of hydrogen-bond acceptors (Lipinski definition) is 5. The molecule has 2 aromatic carbocycles.